The van der Waals surface area contributed by atoms with Gasteiger partial charge in [-0.3, -0.25) is 9.48 Å². The van der Waals surface area contributed by atoms with E-state index in [1.54, 1.807) is 4.68 Å². The standard InChI is InChI=1S/C15H26N4O/c1-3-14-13(11-18(2)17-14)15(20)19(10-6-9-16)12-7-4-5-8-12/h11-12H,3-10,16H2,1-2H3. The van der Waals surface area contributed by atoms with E-state index in [1.807, 2.05) is 25.1 Å². The van der Waals surface area contributed by atoms with E-state index < -0.39 is 0 Å². The average Bonchev–Trinajstić information content (AvgIpc) is 3.08. The first-order valence-corrected chi connectivity index (χ1v) is 7.71. The summed E-state index contributed by atoms with van der Waals surface area (Å²) in [5, 5.41) is 4.38. The molecule has 0 aliphatic heterocycles. The summed E-state index contributed by atoms with van der Waals surface area (Å²) >= 11 is 0. The van der Waals surface area contributed by atoms with Crippen molar-refractivity contribution >= 4 is 5.91 Å². The summed E-state index contributed by atoms with van der Waals surface area (Å²) < 4.78 is 1.74. The second-order valence-corrected chi connectivity index (χ2v) is 5.60. The van der Waals surface area contributed by atoms with Gasteiger partial charge in [-0.25, -0.2) is 0 Å². The van der Waals surface area contributed by atoms with E-state index >= 15 is 0 Å². The molecular formula is C15H26N4O. The van der Waals surface area contributed by atoms with Crippen LogP contribution < -0.4 is 5.73 Å². The van der Waals surface area contributed by atoms with E-state index in [4.69, 9.17) is 5.73 Å². The molecule has 5 heteroatoms. The van der Waals surface area contributed by atoms with Crippen LogP contribution in [0.1, 0.15) is 55.1 Å². The lowest BCUT2D eigenvalue weighted by Crippen LogP contribution is -2.40. The molecule has 2 rings (SSSR count). The summed E-state index contributed by atoms with van der Waals surface area (Å²) in [7, 11) is 1.87. The summed E-state index contributed by atoms with van der Waals surface area (Å²) in [6, 6.07) is 0.388. The van der Waals surface area contributed by atoms with E-state index in [0.717, 1.165) is 43.5 Å². The van der Waals surface area contributed by atoms with Gasteiger partial charge in [-0.05, 0) is 32.2 Å². The van der Waals surface area contributed by atoms with Gasteiger partial charge in [0.05, 0.1) is 11.3 Å². The zero-order chi connectivity index (χ0) is 14.5. The van der Waals surface area contributed by atoms with Crippen LogP contribution in [0, 0.1) is 0 Å². The van der Waals surface area contributed by atoms with E-state index in [9.17, 15) is 4.79 Å². The summed E-state index contributed by atoms with van der Waals surface area (Å²) in [5.74, 6) is 0.135. The molecule has 20 heavy (non-hydrogen) atoms. The molecule has 2 N–H and O–H groups in total. The quantitative estimate of drug-likeness (QED) is 0.861. The van der Waals surface area contributed by atoms with Crippen molar-refractivity contribution in [3.63, 3.8) is 0 Å². The monoisotopic (exact) mass is 278 g/mol. The summed E-state index contributed by atoms with van der Waals surface area (Å²) in [5.41, 5.74) is 7.28. The lowest BCUT2D eigenvalue weighted by atomic mass is 10.1. The van der Waals surface area contributed by atoms with Gasteiger partial charge in [0.2, 0.25) is 0 Å². The molecule has 1 saturated carbocycles. The molecule has 0 saturated heterocycles. The fourth-order valence-corrected chi connectivity index (χ4v) is 3.06. The number of hydrogen-bond donors (Lipinski definition) is 1. The molecule has 112 valence electrons. The number of amides is 1. The third-order valence-electron chi connectivity index (χ3n) is 4.10. The number of aromatic nitrogens is 2. The van der Waals surface area contributed by atoms with Crippen LogP contribution in [0.3, 0.4) is 0 Å². The third kappa shape index (κ3) is 3.20. The molecule has 5 nitrogen and oxygen atoms in total. The van der Waals surface area contributed by atoms with Crippen molar-refractivity contribution in [1.29, 1.82) is 0 Å². The molecule has 1 amide bonds. The molecule has 1 aromatic rings. The highest BCUT2D eigenvalue weighted by molar-refractivity contribution is 5.95. The Hall–Kier alpha value is -1.36. The van der Waals surface area contributed by atoms with Crippen molar-refractivity contribution in [2.75, 3.05) is 13.1 Å². The zero-order valence-corrected chi connectivity index (χ0v) is 12.6. The first kappa shape index (κ1) is 15.0. The van der Waals surface area contributed by atoms with Crippen molar-refractivity contribution in [2.24, 2.45) is 12.8 Å². The average molecular weight is 278 g/mol. The Morgan fingerprint density at radius 1 is 1.50 bits per heavy atom. The van der Waals surface area contributed by atoms with E-state index in [1.165, 1.54) is 12.8 Å². The van der Waals surface area contributed by atoms with E-state index in [2.05, 4.69) is 5.10 Å². The van der Waals surface area contributed by atoms with Crippen LogP contribution in [-0.2, 0) is 13.5 Å². The molecule has 1 heterocycles. The number of aryl methyl sites for hydroxylation is 2. The van der Waals surface area contributed by atoms with Gasteiger partial charge in [0.25, 0.3) is 5.91 Å². The van der Waals surface area contributed by atoms with E-state index in [0.29, 0.717) is 12.6 Å². The van der Waals surface area contributed by atoms with Crippen molar-refractivity contribution in [2.45, 2.75) is 51.5 Å². The van der Waals surface area contributed by atoms with Crippen molar-refractivity contribution in [3.8, 4) is 0 Å². The minimum Gasteiger partial charge on any atom is -0.336 e. The minimum atomic E-state index is 0.135. The van der Waals surface area contributed by atoms with Crippen LogP contribution >= 0.6 is 0 Å². The second kappa shape index (κ2) is 6.88. The predicted molar refractivity (Wildman–Crippen MR) is 79.5 cm³/mol. The van der Waals surface area contributed by atoms with Crippen LogP contribution in [-0.4, -0.2) is 39.7 Å². The second-order valence-electron chi connectivity index (χ2n) is 5.60. The van der Waals surface area contributed by atoms with Gasteiger partial charge in [-0.15, -0.1) is 0 Å². The van der Waals surface area contributed by atoms with Crippen LogP contribution in [0.2, 0.25) is 0 Å². The Morgan fingerprint density at radius 3 is 2.80 bits per heavy atom. The van der Waals surface area contributed by atoms with Crippen LogP contribution in [0.15, 0.2) is 6.20 Å². The van der Waals surface area contributed by atoms with Gasteiger partial charge < -0.3 is 10.6 Å². The molecule has 1 aromatic heterocycles. The molecule has 0 spiro atoms. The predicted octanol–water partition coefficient (Wildman–Crippen LogP) is 1.72. The van der Waals surface area contributed by atoms with Gasteiger partial charge >= 0.3 is 0 Å². The number of nitrogens with zero attached hydrogens (tertiary/aromatic N) is 3. The highest BCUT2D eigenvalue weighted by atomic mass is 16.2. The Bertz CT molecular complexity index is 449. The van der Waals surface area contributed by atoms with Gasteiger partial charge in [-0.2, -0.15) is 5.10 Å². The van der Waals surface area contributed by atoms with Crippen molar-refractivity contribution in [1.82, 2.24) is 14.7 Å². The topological polar surface area (TPSA) is 64.2 Å². The Balaban J connectivity index is 2.19. The maximum absolute atomic E-state index is 12.9. The third-order valence-corrected chi connectivity index (χ3v) is 4.10. The number of rotatable bonds is 6. The number of carbonyl (C=O) groups is 1. The lowest BCUT2D eigenvalue weighted by Gasteiger charge is -2.29. The van der Waals surface area contributed by atoms with Gasteiger partial charge in [-0.1, -0.05) is 19.8 Å². The molecule has 1 fully saturated rings. The SMILES string of the molecule is CCc1nn(C)cc1C(=O)N(CCCN)C1CCCC1. The molecule has 0 unspecified atom stereocenters. The van der Waals surface area contributed by atoms with Crippen LogP contribution in [0.4, 0.5) is 0 Å². The van der Waals surface area contributed by atoms with Gasteiger partial charge in [0.15, 0.2) is 0 Å². The summed E-state index contributed by atoms with van der Waals surface area (Å²) in [6.45, 7) is 3.43. The molecule has 0 radical (unpaired) electrons. The highest BCUT2D eigenvalue weighted by Crippen LogP contribution is 2.25. The highest BCUT2D eigenvalue weighted by Gasteiger charge is 2.28. The number of carbonyl (C=O) groups excluding carboxylic acids is 1. The smallest absolute Gasteiger partial charge is 0.257 e. The molecule has 1 aliphatic carbocycles. The van der Waals surface area contributed by atoms with Gasteiger partial charge in [0, 0.05) is 25.8 Å². The molecular weight excluding hydrogens is 252 g/mol. The number of nitrogens with two attached hydrogens (primary N) is 1. The fraction of sp³-hybridized carbons (Fsp3) is 0.733. The largest absolute Gasteiger partial charge is 0.336 e. The Morgan fingerprint density at radius 2 is 2.20 bits per heavy atom. The zero-order valence-electron chi connectivity index (χ0n) is 12.6. The fourth-order valence-electron chi connectivity index (χ4n) is 3.06. The Labute approximate surface area is 121 Å². The summed E-state index contributed by atoms with van der Waals surface area (Å²) in [4.78, 5) is 14.9. The van der Waals surface area contributed by atoms with E-state index in [-0.39, 0.29) is 5.91 Å². The van der Waals surface area contributed by atoms with Crippen molar-refractivity contribution < 1.29 is 4.79 Å². The van der Waals surface area contributed by atoms with Crippen LogP contribution in [0.25, 0.3) is 0 Å². The Kier molecular flexibility index (Phi) is 5.17. The normalized spacial score (nSPS) is 15.8. The van der Waals surface area contributed by atoms with Gasteiger partial charge in [0.1, 0.15) is 0 Å². The van der Waals surface area contributed by atoms with Crippen molar-refractivity contribution in [3.05, 3.63) is 17.5 Å². The molecule has 0 bridgehead atoms. The lowest BCUT2D eigenvalue weighted by molar-refractivity contribution is 0.0679. The maximum atomic E-state index is 12.9. The summed E-state index contributed by atoms with van der Waals surface area (Å²) in [6.07, 6.45) is 8.21. The molecule has 0 aromatic carbocycles. The first-order valence-electron chi connectivity index (χ1n) is 7.71. The molecule has 1 aliphatic rings. The number of hydrogen-bond acceptors (Lipinski definition) is 3. The van der Waals surface area contributed by atoms with Crippen LogP contribution in [0.5, 0.6) is 0 Å². The maximum Gasteiger partial charge on any atom is 0.257 e. The molecule has 0 atom stereocenters. The first-order chi connectivity index (χ1) is 9.67. The minimum absolute atomic E-state index is 0.135.